The molecule has 0 aliphatic heterocycles. The predicted octanol–water partition coefficient (Wildman–Crippen LogP) is 4.36. The van der Waals surface area contributed by atoms with Gasteiger partial charge in [0.1, 0.15) is 11.5 Å². The van der Waals surface area contributed by atoms with Crippen LogP contribution >= 0.6 is 11.6 Å². The number of hydrogen-bond donors (Lipinski definition) is 1. The number of alkyl halides is 3. The van der Waals surface area contributed by atoms with Gasteiger partial charge in [0.05, 0.1) is 5.02 Å². The number of carbonyl (C=O) groups is 1. The third-order valence-electron chi connectivity index (χ3n) is 3.30. The van der Waals surface area contributed by atoms with E-state index in [0.29, 0.717) is 16.3 Å². The Hall–Kier alpha value is -2.41. The van der Waals surface area contributed by atoms with Gasteiger partial charge < -0.3 is 14.8 Å². The van der Waals surface area contributed by atoms with Gasteiger partial charge in [-0.25, -0.2) is 0 Å². The van der Waals surface area contributed by atoms with E-state index in [9.17, 15) is 18.0 Å². The summed E-state index contributed by atoms with van der Waals surface area (Å²) in [7, 11) is 0. The maximum atomic E-state index is 12.1. The summed E-state index contributed by atoms with van der Waals surface area (Å²) >= 11 is 5.98. The highest BCUT2D eigenvalue weighted by atomic mass is 35.5. The molecule has 8 heteroatoms. The molecule has 0 radical (unpaired) electrons. The van der Waals surface area contributed by atoms with Crippen LogP contribution in [0.4, 0.5) is 13.2 Å². The molecule has 0 aliphatic carbocycles. The lowest BCUT2D eigenvalue weighted by Gasteiger charge is -2.15. The molecule has 2 aromatic carbocycles. The lowest BCUT2D eigenvalue weighted by molar-refractivity contribution is -0.153. The predicted molar refractivity (Wildman–Crippen MR) is 91.4 cm³/mol. The highest BCUT2D eigenvalue weighted by molar-refractivity contribution is 6.32. The molecule has 0 saturated carbocycles. The second-order valence-electron chi connectivity index (χ2n) is 5.46. The van der Waals surface area contributed by atoms with Gasteiger partial charge in [-0.3, -0.25) is 4.79 Å². The van der Waals surface area contributed by atoms with E-state index in [-0.39, 0.29) is 18.2 Å². The molecule has 0 aliphatic rings. The zero-order valence-corrected chi connectivity index (χ0v) is 14.6. The second kappa shape index (κ2) is 8.80. The van der Waals surface area contributed by atoms with Crippen molar-refractivity contribution in [3.8, 4) is 11.5 Å². The Morgan fingerprint density at radius 2 is 1.81 bits per heavy atom. The Morgan fingerprint density at radius 3 is 2.42 bits per heavy atom. The van der Waals surface area contributed by atoms with Crippen LogP contribution in [0.25, 0.3) is 0 Å². The van der Waals surface area contributed by atoms with E-state index in [2.05, 4.69) is 10.1 Å². The van der Waals surface area contributed by atoms with E-state index < -0.39 is 18.9 Å². The van der Waals surface area contributed by atoms with Gasteiger partial charge in [-0.2, -0.15) is 13.2 Å². The van der Waals surface area contributed by atoms with E-state index in [1.54, 1.807) is 43.3 Å². The molecular formula is C18H17ClF3NO3. The van der Waals surface area contributed by atoms with Crippen molar-refractivity contribution >= 4 is 17.5 Å². The van der Waals surface area contributed by atoms with Crippen molar-refractivity contribution in [2.45, 2.75) is 25.7 Å². The average Bonchev–Trinajstić information content (AvgIpc) is 2.60. The van der Waals surface area contributed by atoms with E-state index in [0.717, 1.165) is 0 Å². The molecule has 0 aromatic heterocycles. The summed E-state index contributed by atoms with van der Waals surface area (Å²) in [6.45, 7) is 0.446. The zero-order valence-electron chi connectivity index (χ0n) is 13.8. The van der Waals surface area contributed by atoms with Crippen molar-refractivity contribution in [1.82, 2.24) is 5.32 Å². The Kier molecular flexibility index (Phi) is 6.74. The quantitative estimate of drug-likeness (QED) is 0.767. The molecule has 0 bridgehead atoms. The van der Waals surface area contributed by atoms with E-state index >= 15 is 0 Å². The van der Waals surface area contributed by atoms with Gasteiger partial charge in [0.2, 0.25) is 0 Å². The smallest absolute Gasteiger partial charge is 0.422 e. The summed E-state index contributed by atoms with van der Waals surface area (Å²) in [6.07, 6.45) is -5.14. The van der Waals surface area contributed by atoms with Crippen molar-refractivity contribution in [1.29, 1.82) is 0 Å². The molecule has 1 atom stereocenters. The lowest BCUT2D eigenvalue weighted by Crippen LogP contribution is -2.35. The number of hydrogen-bond acceptors (Lipinski definition) is 3. The number of amides is 1. The van der Waals surface area contributed by atoms with Crippen LogP contribution < -0.4 is 14.8 Å². The number of nitrogens with one attached hydrogen (secondary N) is 1. The maximum absolute atomic E-state index is 12.1. The summed E-state index contributed by atoms with van der Waals surface area (Å²) < 4.78 is 46.4. The highest BCUT2D eigenvalue weighted by Crippen LogP contribution is 2.24. The Bertz CT molecular complexity index is 735. The van der Waals surface area contributed by atoms with Gasteiger partial charge in [0.25, 0.3) is 5.91 Å². The third-order valence-corrected chi connectivity index (χ3v) is 3.61. The fourth-order valence-corrected chi connectivity index (χ4v) is 2.17. The average molecular weight is 388 g/mol. The molecule has 0 spiro atoms. The van der Waals surface area contributed by atoms with Crippen molar-refractivity contribution in [3.63, 3.8) is 0 Å². The lowest BCUT2D eigenvalue weighted by atomic mass is 10.2. The molecule has 26 heavy (non-hydrogen) atoms. The zero-order chi connectivity index (χ0) is 19.2. The van der Waals surface area contributed by atoms with Crippen LogP contribution in [-0.2, 0) is 11.3 Å². The topological polar surface area (TPSA) is 47.6 Å². The highest BCUT2D eigenvalue weighted by Gasteiger charge is 2.28. The Labute approximate surface area is 153 Å². The molecule has 1 unspecified atom stereocenters. The normalized spacial score (nSPS) is 12.3. The van der Waals surface area contributed by atoms with Crippen LogP contribution in [0, 0.1) is 0 Å². The first-order chi connectivity index (χ1) is 12.2. The fraction of sp³-hybridized carbons (Fsp3) is 0.278. The van der Waals surface area contributed by atoms with Crippen LogP contribution in [0.5, 0.6) is 11.5 Å². The van der Waals surface area contributed by atoms with Gasteiger partial charge >= 0.3 is 6.18 Å². The van der Waals surface area contributed by atoms with Crippen molar-refractivity contribution < 1.29 is 27.4 Å². The molecule has 0 heterocycles. The monoisotopic (exact) mass is 387 g/mol. The first-order valence-electron chi connectivity index (χ1n) is 7.72. The van der Waals surface area contributed by atoms with Crippen LogP contribution in [0.3, 0.4) is 0 Å². The molecular weight excluding hydrogens is 371 g/mol. The molecule has 2 rings (SSSR count). The molecule has 0 saturated heterocycles. The minimum absolute atomic E-state index is 0.104. The van der Waals surface area contributed by atoms with Crippen LogP contribution in [-0.4, -0.2) is 24.8 Å². The summed E-state index contributed by atoms with van der Waals surface area (Å²) in [5.41, 5.74) is 0.711. The van der Waals surface area contributed by atoms with E-state index in [1.807, 2.05) is 0 Å². The first-order valence-corrected chi connectivity index (χ1v) is 8.10. The third kappa shape index (κ3) is 6.48. The van der Waals surface area contributed by atoms with Crippen LogP contribution in [0.2, 0.25) is 5.02 Å². The van der Waals surface area contributed by atoms with Gasteiger partial charge in [-0.05, 0) is 36.8 Å². The number of rotatable bonds is 7. The van der Waals surface area contributed by atoms with Crippen molar-refractivity contribution in [2.24, 2.45) is 0 Å². The molecule has 4 nitrogen and oxygen atoms in total. The number of halogens is 4. The summed E-state index contributed by atoms with van der Waals surface area (Å²) in [5, 5.41) is 3.09. The molecule has 0 fully saturated rings. The standard InChI is InChI=1S/C18H17ClF3NO3/c1-12(26-16-5-3-2-4-15(16)19)17(24)23-10-13-6-8-14(9-7-13)25-11-18(20,21)22/h2-9,12H,10-11H2,1H3,(H,23,24). The number of para-hydroxylation sites is 1. The van der Waals surface area contributed by atoms with Crippen LogP contribution in [0.1, 0.15) is 12.5 Å². The van der Waals surface area contributed by atoms with E-state index in [4.69, 9.17) is 16.3 Å². The van der Waals surface area contributed by atoms with Gasteiger partial charge in [0.15, 0.2) is 12.7 Å². The Morgan fingerprint density at radius 1 is 1.15 bits per heavy atom. The van der Waals surface area contributed by atoms with E-state index in [1.165, 1.54) is 12.1 Å². The van der Waals surface area contributed by atoms with Crippen LogP contribution in [0.15, 0.2) is 48.5 Å². The molecule has 140 valence electrons. The number of ether oxygens (including phenoxy) is 2. The first kappa shape index (κ1) is 19.9. The number of carbonyl (C=O) groups excluding carboxylic acids is 1. The summed E-state index contributed by atoms with van der Waals surface area (Å²) in [6, 6.07) is 12.8. The van der Waals surface area contributed by atoms with Gasteiger partial charge in [0, 0.05) is 6.54 Å². The number of benzene rings is 2. The minimum atomic E-state index is -4.38. The fourth-order valence-electron chi connectivity index (χ4n) is 1.99. The minimum Gasteiger partial charge on any atom is -0.484 e. The SMILES string of the molecule is CC(Oc1ccccc1Cl)C(=O)NCc1ccc(OCC(F)(F)F)cc1. The summed E-state index contributed by atoms with van der Waals surface area (Å²) in [5.74, 6) is 0.165. The molecule has 2 aromatic rings. The Balaban J connectivity index is 1.82. The molecule has 1 N–H and O–H groups in total. The second-order valence-corrected chi connectivity index (χ2v) is 5.86. The maximum Gasteiger partial charge on any atom is 0.422 e. The van der Waals surface area contributed by atoms with Gasteiger partial charge in [-0.1, -0.05) is 35.9 Å². The largest absolute Gasteiger partial charge is 0.484 e. The molecule has 1 amide bonds. The van der Waals surface area contributed by atoms with Crippen molar-refractivity contribution in [2.75, 3.05) is 6.61 Å². The van der Waals surface area contributed by atoms with Crippen molar-refractivity contribution in [3.05, 3.63) is 59.1 Å². The summed E-state index contributed by atoms with van der Waals surface area (Å²) in [4.78, 5) is 12.1. The van der Waals surface area contributed by atoms with Gasteiger partial charge in [-0.15, -0.1) is 0 Å².